The second-order valence-electron chi connectivity index (χ2n) is 6.44. The molecule has 2 atom stereocenters. The maximum Gasteiger partial charge on any atom is 0.308 e. The summed E-state index contributed by atoms with van der Waals surface area (Å²) in [6.07, 6.45) is -2.66. The highest BCUT2D eigenvalue weighted by molar-refractivity contribution is 6.05. The summed E-state index contributed by atoms with van der Waals surface area (Å²) in [5, 5.41) is 10.6. The van der Waals surface area contributed by atoms with Crippen molar-refractivity contribution < 1.29 is 43.2 Å². The van der Waals surface area contributed by atoms with Gasteiger partial charge in [0.2, 0.25) is 5.78 Å². The van der Waals surface area contributed by atoms with Crippen LogP contribution < -0.4 is 23.7 Å². The molecule has 1 aliphatic heterocycles. The molecule has 9 heteroatoms. The summed E-state index contributed by atoms with van der Waals surface area (Å²) < 4.78 is 26.5. The summed E-state index contributed by atoms with van der Waals surface area (Å²) in [5.41, 5.74) is 0.425. The molecule has 0 spiro atoms. The molecule has 0 bridgehead atoms. The van der Waals surface area contributed by atoms with Gasteiger partial charge in [-0.1, -0.05) is 6.07 Å². The molecule has 2 aromatic rings. The number of ketones is 1. The highest BCUT2D eigenvalue weighted by Gasteiger charge is 2.39. The van der Waals surface area contributed by atoms with Crippen LogP contribution in [0.25, 0.3) is 0 Å². The summed E-state index contributed by atoms with van der Waals surface area (Å²) in [5.74, 6) is -1.09. The Bertz CT molecular complexity index is 1010. The van der Waals surface area contributed by atoms with Crippen LogP contribution in [-0.2, 0) is 9.59 Å². The van der Waals surface area contributed by atoms with Gasteiger partial charge in [0.15, 0.2) is 23.7 Å². The lowest BCUT2D eigenvalue weighted by Crippen LogP contribution is -2.36. The van der Waals surface area contributed by atoms with Crippen molar-refractivity contribution in [3.8, 4) is 28.7 Å². The first-order valence-electron chi connectivity index (χ1n) is 8.91. The SMILES string of the molecule is COc1cc(OC)c2c(c1)O[C@@H](c1ccc(OC(C)=O)c(OC(C)=O)c1)[C@H](O)C2=O. The number of aliphatic hydroxyl groups is 1. The van der Waals surface area contributed by atoms with E-state index in [9.17, 15) is 19.5 Å². The molecule has 0 fully saturated rings. The van der Waals surface area contributed by atoms with Gasteiger partial charge in [-0.15, -0.1) is 0 Å². The predicted octanol–water partition coefficient (Wildman–Crippen LogP) is 2.23. The molecule has 0 unspecified atom stereocenters. The number of fused-ring (bicyclic) bond motifs is 1. The largest absolute Gasteiger partial charge is 0.496 e. The van der Waals surface area contributed by atoms with E-state index in [1.807, 2.05) is 0 Å². The van der Waals surface area contributed by atoms with Gasteiger partial charge in [-0.25, -0.2) is 0 Å². The zero-order valence-corrected chi connectivity index (χ0v) is 16.8. The Morgan fingerprint density at radius 1 is 0.933 bits per heavy atom. The number of aliphatic hydroxyl groups excluding tert-OH is 1. The Kier molecular flexibility index (Phi) is 5.93. The number of ether oxygens (including phenoxy) is 5. The molecule has 2 aromatic carbocycles. The molecule has 158 valence electrons. The standard InChI is InChI=1S/C21H20O9/c1-10(22)28-14-6-5-12(7-15(14)29-11(2)23)21-20(25)19(24)18-16(27-4)8-13(26-3)9-17(18)30-21/h5-9,20-21,25H,1-4H3/t20-,21+/m1/s1. The molecule has 0 saturated carbocycles. The molecular formula is C21H20O9. The van der Waals surface area contributed by atoms with Crippen LogP contribution in [0, 0.1) is 0 Å². The minimum atomic E-state index is -1.55. The maximum atomic E-state index is 12.8. The highest BCUT2D eigenvalue weighted by atomic mass is 16.6. The van der Waals surface area contributed by atoms with Crippen molar-refractivity contribution >= 4 is 17.7 Å². The Hall–Kier alpha value is -3.59. The normalized spacial score (nSPS) is 17.4. The van der Waals surface area contributed by atoms with E-state index in [0.29, 0.717) is 11.3 Å². The fraction of sp³-hybridized carbons (Fsp3) is 0.286. The first-order chi connectivity index (χ1) is 14.2. The number of hydrogen-bond donors (Lipinski definition) is 1. The maximum absolute atomic E-state index is 12.8. The van der Waals surface area contributed by atoms with Gasteiger partial charge in [-0.2, -0.15) is 0 Å². The van der Waals surface area contributed by atoms with Gasteiger partial charge in [0, 0.05) is 26.0 Å². The number of carbonyl (C=O) groups is 3. The van der Waals surface area contributed by atoms with Crippen LogP contribution in [0.5, 0.6) is 28.7 Å². The fourth-order valence-corrected chi connectivity index (χ4v) is 3.09. The van der Waals surface area contributed by atoms with E-state index in [1.54, 1.807) is 0 Å². The van der Waals surface area contributed by atoms with Gasteiger partial charge in [0.1, 0.15) is 22.8 Å². The topological polar surface area (TPSA) is 118 Å². The molecule has 0 aliphatic carbocycles. The Morgan fingerprint density at radius 2 is 1.60 bits per heavy atom. The van der Waals surface area contributed by atoms with Crippen LogP contribution in [0.2, 0.25) is 0 Å². The highest BCUT2D eigenvalue weighted by Crippen LogP contribution is 2.43. The third-order valence-electron chi connectivity index (χ3n) is 4.35. The van der Waals surface area contributed by atoms with Crippen LogP contribution in [-0.4, -0.2) is 43.2 Å². The lowest BCUT2D eigenvalue weighted by atomic mass is 9.92. The Morgan fingerprint density at radius 3 is 2.20 bits per heavy atom. The van der Waals surface area contributed by atoms with Gasteiger partial charge >= 0.3 is 11.9 Å². The van der Waals surface area contributed by atoms with E-state index < -0.39 is 29.9 Å². The minimum Gasteiger partial charge on any atom is -0.496 e. The number of rotatable bonds is 5. The Balaban J connectivity index is 2.05. The zero-order valence-electron chi connectivity index (χ0n) is 16.8. The molecule has 9 nitrogen and oxygen atoms in total. The van der Waals surface area contributed by atoms with Gasteiger partial charge < -0.3 is 28.8 Å². The summed E-state index contributed by atoms with van der Waals surface area (Å²) in [6, 6.07) is 7.27. The van der Waals surface area contributed by atoms with Crippen molar-refractivity contribution in [2.45, 2.75) is 26.1 Å². The van der Waals surface area contributed by atoms with E-state index in [1.165, 1.54) is 58.4 Å². The van der Waals surface area contributed by atoms with Crippen LogP contribution in [0.1, 0.15) is 35.9 Å². The van der Waals surface area contributed by atoms with E-state index >= 15 is 0 Å². The number of hydrogen-bond acceptors (Lipinski definition) is 9. The average molecular weight is 416 g/mol. The molecule has 3 rings (SSSR count). The average Bonchev–Trinajstić information content (AvgIpc) is 2.70. The van der Waals surface area contributed by atoms with Crippen molar-refractivity contribution in [2.24, 2.45) is 0 Å². The van der Waals surface area contributed by atoms with Crippen molar-refractivity contribution in [1.82, 2.24) is 0 Å². The smallest absolute Gasteiger partial charge is 0.308 e. The molecule has 0 saturated heterocycles. The minimum absolute atomic E-state index is 0.0156. The second kappa shape index (κ2) is 8.42. The van der Waals surface area contributed by atoms with Crippen molar-refractivity contribution in [1.29, 1.82) is 0 Å². The second-order valence-corrected chi connectivity index (χ2v) is 6.44. The van der Waals surface area contributed by atoms with Gasteiger partial charge in [0.05, 0.1) is 14.2 Å². The lowest BCUT2D eigenvalue weighted by molar-refractivity contribution is -0.134. The van der Waals surface area contributed by atoms with Gasteiger partial charge in [0.25, 0.3) is 0 Å². The van der Waals surface area contributed by atoms with E-state index in [4.69, 9.17) is 23.7 Å². The molecule has 0 aromatic heterocycles. The molecule has 1 aliphatic rings. The third kappa shape index (κ3) is 4.06. The zero-order chi connectivity index (χ0) is 22.0. The molecule has 30 heavy (non-hydrogen) atoms. The summed E-state index contributed by atoms with van der Waals surface area (Å²) in [7, 11) is 2.84. The number of carbonyl (C=O) groups excluding carboxylic acids is 3. The predicted molar refractivity (Wildman–Crippen MR) is 102 cm³/mol. The monoisotopic (exact) mass is 416 g/mol. The number of Topliss-reactive ketones (excluding diaryl/α,β-unsaturated/α-hetero) is 1. The molecule has 0 amide bonds. The van der Waals surface area contributed by atoms with Crippen LogP contribution in [0.15, 0.2) is 30.3 Å². The van der Waals surface area contributed by atoms with E-state index in [-0.39, 0.29) is 28.6 Å². The summed E-state index contributed by atoms with van der Waals surface area (Å²) in [4.78, 5) is 35.6. The molecule has 0 radical (unpaired) electrons. The number of methoxy groups -OCH3 is 2. The van der Waals surface area contributed by atoms with Crippen molar-refractivity contribution in [3.63, 3.8) is 0 Å². The van der Waals surface area contributed by atoms with Gasteiger partial charge in [-0.05, 0) is 17.7 Å². The molecule has 1 N–H and O–H groups in total. The quantitative estimate of drug-likeness (QED) is 0.578. The number of esters is 2. The first kappa shape index (κ1) is 21.1. The number of benzene rings is 2. The lowest BCUT2D eigenvalue weighted by Gasteiger charge is -2.31. The van der Waals surface area contributed by atoms with Crippen LogP contribution in [0.4, 0.5) is 0 Å². The van der Waals surface area contributed by atoms with Crippen LogP contribution >= 0.6 is 0 Å². The third-order valence-corrected chi connectivity index (χ3v) is 4.35. The van der Waals surface area contributed by atoms with E-state index in [2.05, 4.69) is 0 Å². The van der Waals surface area contributed by atoms with Crippen LogP contribution in [0.3, 0.4) is 0 Å². The Labute approximate surface area is 172 Å². The fourth-order valence-electron chi connectivity index (χ4n) is 3.09. The summed E-state index contributed by atoms with van der Waals surface area (Å²) in [6.45, 7) is 2.39. The van der Waals surface area contributed by atoms with E-state index in [0.717, 1.165) is 0 Å². The van der Waals surface area contributed by atoms with Gasteiger partial charge in [-0.3, -0.25) is 14.4 Å². The first-order valence-corrected chi connectivity index (χ1v) is 8.91. The van der Waals surface area contributed by atoms with Crippen molar-refractivity contribution in [3.05, 3.63) is 41.5 Å². The molecule has 1 heterocycles. The molecular weight excluding hydrogens is 396 g/mol. The summed E-state index contributed by atoms with van der Waals surface area (Å²) >= 11 is 0. The van der Waals surface area contributed by atoms with Crippen molar-refractivity contribution in [2.75, 3.05) is 14.2 Å².